The van der Waals surface area contributed by atoms with E-state index in [1.54, 1.807) is 19.3 Å². The maximum Gasteiger partial charge on any atom is 0.268 e. The molecule has 0 fully saturated rings. The smallest absolute Gasteiger partial charge is 0.268 e. The summed E-state index contributed by atoms with van der Waals surface area (Å²) in [6.45, 7) is 2.62. The van der Waals surface area contributed by atoms with E-state index in [4.69, 9.17) is 14.0 Å². The van der Waals surface area contributed by atoms with Gasteiger partial charge < -0.3 is 14.0 Å². The topological polar surface area (TPSA) is 81.2 Å². The molecule has 3 rings (SSSR count). The van der Waals surface area contributed by atoms with Crippen LogP contribution in [-0.2, 0) is 0 Å². The van der Waals surface area contributed by atoms with Gasteiger partial charge in [-0.3, -0.25) is 0 Å². The second-order valence-electron chi connectivity index (χ2n) is 5.33. The monoisotopic (exact) mass is 367 g/mol. The molecule has 6 nitrogen and oxygen atoms in total. The minimum absolute atomic E-state index is 0.183. The van der Waals surface area contributed by atoms with Crippen LogP contribution in [0.1, 0.15) is 24.8 Å². The van der Waals surface area contributed by atoms with E-state index in [0.717, 1.165) is 16.9 Å². The number of nitrogens with zero attached hydrogens (tertiary/aromatic N) is 3. The molecule has 0 saturated heterocycles. The van der Waals surface area contributed by atoms with Crippen molar-refractivity contribution in [2.75, 3.05) is 13.7 Å². The minimum Gasteiger partial charge on any atom is -0.493 e. The number of aromatic nitrogens is 2. The van der Waals surface area contributed by atoms with E-state index >= 15 is 0 Å². The van der Waals surface area contributed by atoms with Gasteiger partial charge in [0.25, 0.3) is 5.89 Å². The molecule has 0 amide bonds. The van der Waals surface area contributed by atoms with Gasteiger partial charge in [-0.2, -0.15) is 10.2 Å². The van der Waals surface area contributed by atoms with E-state index in [9.17, 15) is 5.26 Å². The van der Waals surface area contributed by atoms with Crippen molar-refractivity contribution >= 4 is 23.0 Å². The van der Waals surface area contributed by atoms with Crippen LogP contribution in [0.15, 0.2) is 40.2 Å². The van der Waals surface area contributed by atoms with E-state index in [-0.39, 0.29) is 11.5 Å². The first kappa shape index (κ1) is 17.7. The van der Waals surface area contributed by atoms with Gasteiger partial charge >= 0.3 is 0 Å². The third kappa shape index (κ3) is 3.92. The lowest BCUT2D eigenvalue weighted by Crippen LogP contribution is -1.98. The van der Waals surface area contributed by atoms with E-state index in [0.29, 0.717) is 23.9 Å². The number of allylic oxidation sites excluding steroid dienone is 1. The van der Waals surface area contributed by atoms with Crippen LogP contribution in [0.5, 0.6) is 11.5 Å². The highest BCUT2D eigenvalue weighted by Crippen LogP contribution is 2.30. The summed E-state index contributed by atoms with van der Waals surface area (Å²) in [6.07, 6.45) is 2.57. The summed E-state index contributed by atoms with van der Waals surface area (Å²) < 4.78 is 16.3. The van der Waals surface area contributed by atoms with E-state index in [2.05, 4.69) is 16.2 Å². The van der Waals surface area contributed by atoms with Crippen molar-refractivity contribution in [2.45, 2.75) is 13.3 Å². The standard InChI is InChI=1S/C19H17N3O3S/c1-3-8-24-16-11-13(6-7-15(16)23-2)10-14(12-20)19-21-18(22-25-19)17-5-4-9-26-17/h4-7,9-11H,3,8H2,1-2H3/b14-10+. The van der Waals surface area contributed by atoms with Crippen molar-refractivity contribution in [3.63, 3.8) is 0 Å². The molecule has 7 heteroatoms. The van der Waals surface area contributed by atoms with E-state index in [1.807, 2.05) is 36.6 Å². The van der Waals surface area contributed by atoms with Crippen LogP contribution in [0.2, 0.25) is 0 Å². The van der Waals surface area contributed by atoms with Crippen LogP contribution in [0, 0.1) is 11.3 Å². The fourth-order valence-corrected chi connectivity index (χ4v) is 2.90. The number of benzene rings is 1. The molecule has 0 aliphatic heterocycles. The largest absolute Gasteiger partial charge is 0.493 e. The molecule has 0 unspecified atom stereocenters. The molecule has 2 aromatic heterocycles. The predicted molar refractivity (Wildman–Crippen MR) is 99.9 cm³/mol. The summed E-state index contributed by atoms with van der Waals surface area (Å²) >= 11 is 1.51. The molecule has 0 radical (unpaired) electrons. The molecule has 0 aliphatic rings. The number of thiophene rings is 1. The highest BCUT2D eigenvalue weighted by atomic mass is 32.1. The Labute approximate surface area is 155 Å². The zero-order chi connectivity index (χ0) is 18.4. The Morgan fingerprint density at radius 2 is 2.23 bits per heavy atom. The van der Waals surface area contributed by atoms with Crippen LogP contribution in [0.25, 0.3) is 22.4 Å². The normalized spacial score (nSPS) is 11.2. The van der Waals surface area contributed by atoms with Crippen LogP contribution < -0.4 is 9.47 Å². The molecule has 26 heavy (non-hydrogen) atoms. The van der Waals surface area contributed by atoms with Crippen molar-refractivity contribution in [2.24, 2.45) is 0 Å². The van der Waals surface area contributed by atoms with Gasteiger partial charge in [0.15, 0.2) is 11.5 Å². The summed E-state index contributed by atoms with van der Waals surface area (Å²) in [5.74, 6) is 1.93. The van der Waals surface area contributed by atoms with Crippen LogP contribution in [0.3, 0.4) is 0 Å². The third-order valence-corrected chi connectivity index (χ3v) is 4.34. The van der Waals surface area contributed by atoms with Crippen molar-refractivity contribution in [1.82, 2.24) is 10.1 Å². The summed E-state index contributed by atoms with van der Waals surface area (Å²) in [4.78, 5) is 5.20. The number of ether oxygens (including phenoxy) is 2. The maximum atomic E-state index is 9.49. The fraction of sp³-hybridized carbons (Fsp3) is 0.211. The second-order valence-corrected chi connectivity index (χ2v) is 6.28. The van der Waals surface area contributed by atoms with Crippen LogP contribution >= 0.6 is 11.3 Å². The average molecular weight is 367 g/mol. The number of methoxy groups -OCH3 is 1. The molecule has 2 heterocycles. The van der Waals surface area contributed by atoms with Gasteiger partial charge in [-0.25, -0.2) is 0 Å². The Bertz CT molecular complexity index is 939. The summed E-state index contributed by atoms with van der Waals surface area (Å²) in [7, 11) is 1.59. The van der Waals surface area contributed by atoms with Gasteiger partial charge in [0.1, 0.15) is 11.6 Å². The van der Waals surface area contributed by atoms with Gasteiger partial charge in [0.05, 0.1) is 18.6 Å². The lowest BCUT2D eigenvalue weighted by atomic mass is 10.1. The Morgan fingerprint density at radius 3 is 2.92 bits per heavy atom. The fourth-order valence-electron chi connectivity index (χ4n) is 2.26. The number of hydrogen-bond acceptors (Lipinski definition) is 7. The molecule has 0 atom stereocenters. The van der Waals surface area contributed by atoms with Gasteiger partial charge in [-0.1, -0.05) is 24.2 Å². The Morgan fingerprint density at radius 1 is 1.35 bits per heavy atom. The molecule has 3 aromatic rings. The number of hydrogen-bond donors (Lipinski definition) is 0. The molecule has 0 N–H and O–H groups in total. The third-order valence-electron chi connectivity index (χ3n) is 3.48. The first-order valence-electron chi connectivity index (χ1n) is 8.05. The van der Waals surface area contributed by atoms with Gasteiger partial charge in [-0.15, -0.1) is 11.3 Å². The first-order valence-corrected chi connectivity index (χ1v) is 8.93. The van der Waals surface area contributed by atoms with Gasteiger partial charge in [0.2, 0.25) is 5.82 Å². The van der Waals surface area contributed by atoms with Crippen molar-refractivity contribution in [3.05, 3.63) is 47.2 Å². The summed E-state index contributed by atoms with van der Waals surface area (Å²) in [5, 5.41) is 15.4. The Kier molecular flexibility index (Phi) is 5.66. The second kappa shape index (κ2) is 8.32. The van der Waals surface area contributed by atoms with E-state index < -0.39 is 0 Å². The van der Waals surface area contributed by atoms with Crippen LogP contribution in [-0.4, -0.2) is 23.9 Å². The molecule has 0 spiro atoms. The molecule has 132 valence electrons. The minimum atomic E-state index is 0.183. The molecule has 1 aromatic carbocycles. The van der Waals surface area contributed by atoms with Crippen molar-refractivity contribution in [1.29, 1.82) is 5.26 Å². The van der Waals surface area contributed by atoms with Crippen molar-refractivity contribution < 1.29 is 14.0 Å². The molecular formula is C19H17N3O3S. The SMILES string of the molecule is CCCOc1cc(/C=C(\C#N)c2nc(-c3cccs3)no2)ccc1OC. The molecule has 0 saturated carbocycles. The summed E-state index contributed by atoms with van der Waals surface area (Å²) in [5.41, 5.74) is 1.07. The first-order chi connectivity index (χ1) is 12.7. The lowest BCUT2D eigenvalue weighted by molar-refractivity contribution is 0.294. The molecule has 0 bridgehead atoms. The van der Waals surface area contributed by atoms with Crippen molar-refractivity contribution in [3.8, 4) is 28.3 Å². The molecular weight excluding hydrogens is 350 g/mol. The lowest BCUT2D eigenvalue weighted by Gasteiger charge is -2.10. The Hall–Kier alpha value is -3.11. The highest BCUT2D eigenvalue weighted by Gasteiger charge is 2.14. The maximum absolute atomic E-state index is 9.49. The van der Waals surface area contributed by atoms with Gasteiger partial charge in [0, 0.05) is 0 Å². The number of rotatable bonds is 7. The van der Waals surface area contributed by atoms with Crippen LogP contribution in [0.4, 0.5) is 0 Å². The molecule has 0 aliphatic carbocycles. The quantitative estimate of drug-likeness (QED) is 0.565. The number of nitriles is 1. The predicted octanol–water partition coefficient (Wildman–Crippen LogP) is 4.66. The Balaban J connectivity index is 1.91. The average Bonchev–Trinajstić information content (AvgIpc) is 3.35. The zero-order valence-corrected chi connectivity index (χ0v) is 15.2. The zero-order valence-electron chi connectivity index (χ0n) is 14.4. The highest BCUT2D eigenvalue weighted by molar-refractivity contribution is 7.13. The summed E-state index contributed by atoms with van der Waals surface area (Å²) in [6, 6.07) is 11.4. The van der Waals surface area contributed by atoms with E-state index in [1.165, 1.54) is 11.3 Å². The van der Waals surface area contributed by atoms with Gasteiger partial charge in [-0.05, 0) is 41.6 Å².